The maximum Gasteiger partial charge on any atom is 0.344 e. The third kappa shape index (κ3) is 1.98. The van der Waals surface area contributed by atoms with Crippen molar-refractivity contribution in [1.29, 1.82) is 0 Å². The highest BCUT2D eigenvalue weighted by molar-refractivity contribution is 7.88. The molecule has 6 nitrogen and oxygen atoms in total. The molecule has 0 aromatic heterocycles. The fraction of sp³-hybridized carbons (Fsp3) is 0.833. The van der Waals surface area contributed by atoms with Gasteiger partial charge in [0.15, 0.2) is 0 Å². The van der Waals surface area contributed by atoms with Gasteiger partial charge in [-0.15, -0.1) is 0 Å². The van der Waals surface area contributed by atoms with Crippen molar-refractivity contribution in [3.05, 3.63) is 0 Å². The van der Waals surface area contributed by atoms with Crippen molar-refractivity contribution in [3.63, 3.8) is 0 Å². The van der Waals surface area contributed by atoms with Crippen LogP contribution in [0.5, 0.6) is 0 Å². The Hall–Kier alpha value is -0.660. The summed E-state index contributed by atoms with van der Waals surface area (Å²) in [6.07, 6.45) is 0. The molecule has 1 unspecified atom stereocenters. The second-order valence-corrected chi connectivity index (χ2v) is 4.59. The first-order valence-electron chi connectivity index (χ1n) is 3.40. The summed E-state index contributed by atoms with van der Waals surface area (Å²) in [6.45, 7) is 1.06. The topological polar surface area (TPSA) is 83.9 Å². The van der Waals surface area contributed by atoms with Gasteiger partial charge in [0.1, 0.15) is 0 Å². The number of methoxy groups -OCH3 is 1. The number of ether oxygens (including phenoxy) is 1. The lowest BCUT2D eigenvalue weighted by molar-refractivity contribution is -0.147. The van der Waals surface area contributed by atoms with Crippen LogP contribution in [-0.4, -0.2) is 49.9 Å². The molecule has 0 bridgehead atoms. The number of hydrogen-bond donors (Lipinski definition) is 1. The molecule has 0 aliphatic heterocycles. The molecule has 1 atom stereocenters. The van der Waals surface area contributed by atoms with Gasteiger partial charge in [-0.3, -0.25) is 9.45 Å². The summed E-state index contributed by atoms with van der Waals surface area (Å²) in [4.78, 5) is 10.1. The number of likely N-dealkylation sites (N-methyl/N-ethyl adjacent to an activating group) is 1. The van der Waals surface area contributed by atoms with Crippen LogP contribution < -0.4 is 0 Å². The standard InChI is InChI=1S/C6H13NO5S/c1-6(7(2)3,5(8)12-4)13(9,10)11/h1-4H3,(H,9,10,11). The number of hydrogen-bond acceptors (Lipinski definition) is 5. The van der Waals surface area contributed by atoms with Crippen molar-refractivity contribution in [1.82, 2.24) is 4.90 Å². The Kier molecular flexibility index (Phi) is 3.42. The lowest BCUT2D eigenvalue weighted by Gasteiger charge is -2.29. The Morgan fingerprint density at radius 1 is 1.46 bits per heavy atom. The summed E-state index contributed by atoms with van der Waals surface area (Å²) in [5, 5.41) is 0. The summed E-state index contributed by atoms with van der Waals surface area (Å²) < 4.78 is 34.9. The van der Waals surface area contributed by atoms with Gasteiger partial charge in [-0.05, 0) is 21.0 Å². The zero-order chi connectivity index (χ0) is 10.9. The first-order chi connectivity index (χ1) is 5.67. The molecule has 78 valence electrons. The number of nitrogens with zero attached hydrogens (tertiary/aromatic N) is 1. The van der Waals surface area contributed by atoms with Gasteiger partial charge in [0.25, 0.3) is 10.1 Å². The minimum atomic E-state index is -4.52. The van der Waals surface area contributed by atoms with E-state index in [2.05, 4.69) is 4.74 Å². The second kappa shape index (κ2) is 3.60. The van der Waals surface area contributed by atoms with Crippen LogP contribution in [-0.2, 0) is 19.6 Å². The summed E-state index contributed by atoms with van der Waals surface area (Å²) in [7, 11) is -0.769. The van der Waals surface area contributed by atoms with Crippen LogP contribution >= 0.6 is 0 Å². The predicted molar refractivity (Wildman–Crippen MR) is 45.7 cm³/mol. The monoisotopic (exact) mass is 211 g/mol. The fourth-order valence-corrected chi connectivity index (χ4v) is 1.46. The molecule has 0 amide bonds. The lowest BCUT2D eigenvalue weighted by Crippen LogP contribution is -2.55. The van der Waals surface area contributed by atoms with Crippen molar-refractivity contribution in [2.24, 2.45) is 0 Å². The van der Waals surface area contributed by atoms with Crippen molar-refractivity contribution >= 4 is 16.1 Å². The summed E-state index contributed by atoms with van der Waals surface area (Å²) in [5.74, 6) is -1.03. The second-order valence-electron chi connectivity index (χ2n) is 2.84. The number of carbonyl (C=O) groups is 1. The van der Waals surface area contributed by atoms with E-state index in [0.29, 0.717) is 0 Å². The van der Waals surface area contributed by atoms with Crippen LogP contribution in [0.3, 0.4) is 0 Å². The van der Waals surface area contributed by atoms with E-state index in [1.165, 1.54) is 14.1 Å². The quantitative estimate of drug-likeness (QED) is 0.492. The van der Waals surface area contributed by atoms with Gasteiger partial charge < -0.3 is 4.74 Å². The van der Waals surface area contributed by atoms with Crippen LogP contribution in [0.4, 0.5) is 0 Å². The van der Waals surface area contributed by atoms with Crippen LogP contribution in [0.15, 0.2) is 0 Å². The third-order valence-corrected chi connectivity index (χ3v) is 3.46. The van der Waals surface area contributed by atoms with E-state index in [1.807, 2.05) is 0 Å². The third-order valence-electron chi connectivity index (χ3n) is 1.92. The van der Waals surface area contributed by atoms with Gasteiger partial charge in [0, 0.05) is 0 Å². The molecule has 0 radical (unpaired) electrons. The Labute approximate surface area is 77.2 Å². The van der Waals surface area contributed by atoms with Gasteiger partial charge in [-0.1, -0.05) is 0 Å². The molecule has 13 heavy (non-hydrogen) atoms. The first-order valence-corrected chi connectivity index (χ1v) is 4.84. The van der Waals surface area contributed by atoms with E-state index in [1.54, 1.807) is 0 Å². The average molecular weight is 211 g/mol. The molecule has 0 aromatic carbocycles. The molecule has 7 heteroatoms. The van der Waals surface area contributed by atoms with Gasteiger partial charge in [-0.2, -0.15) is 8.42 Å². The average Bonchev–Trinajstić information content (AvgIpc) is 1.98. The fourth-order valence-electron chi connectivity index (χ4n) is 0.708. The van der Waals surface area contributed by atoms with E-state index in [-0.39, 0.29) is 0 Å². The molecule has 1 N–H and O–H groups in total. The van der Waals surface area contributed by atoms with Gasteiger partial charge >= 0.3 is 5.97 Å². The Morgan fingerprint density at radius 2 is 1.85 bits per heavy atom. The number of rotatable bonds is 3. The van der Waals surface area contributed by atoms with E-state index >= 15 is 0 Å². The lowest BCUT2D eigenvalue weighted by atomic mass is 10.3. The minimum absolute atomic E-state index is 1.03. The van der Waals surface area contributed by atoms with E-state index in [0.717, 1.165) is 18.9 Å². The molecule has 0 aliphatic rings. The molecule has 0 rings (SSSR count). The number of carbonyl (C=O) groups excluding carboxylic acids is 1. The van der Waals surface area contributed by atoms with E-state index < -0.39 is 21.0 Å². The number of esters is 1. The summed E-state index contributed by atoms with van der Waals surface area (Å²) in [5.41, 5.74) is 0. The molecular weight excluding hydrogens is 198 g/mol. The molecule has 0 aromatic rings. The van der Waals surface area contributed by atoms with Crippen molar-refractivity contribution in [2.75, 3.05) is 21.2 Å². The first kappa shape index (κ1) is 12.3. The SMILES string of the molecule is COC(=O)C(C)(N(C)C)S(=O)(=O)O. The van der Waals surface area contributed by atoms with Crippen molar-refractivity contribution in [3.8, 4) is 0 Å². The largest absolute Gasteiger partial charge is 0.467 e. The van der Waals surface area contributed by atoms with Gasteiger partial charge in [0.05, 0.1) is 7.11 Å². The Bertz CT molecular complexity index is 296. The maximum absolute atomic E-state index is 11.1. The zero-order valence-electron chi connectivity index (χ0n) is 7.94. The van der Waals surface area contributed by atoms with Crippen LogP contribution in [0.25, 0.3) is 0 Å². The van der Waals surface area contributed by atoms with Crippen molar-refractivity contribution in [2.45, 2.75) is 11.8 Å². The van der Waals surface area contributed by atoms with Crippen molar-refractivity contribution < 1.29 is 22.5 Å². The Balaban J connectivity index is 5.34. The molecule has 0 saturated heterocycles. The highest BCUT2D eigenvalue weighted by atomic mass is 32.2. The van der Waals surface area contributed by atoms with Crippen LogP contribution in [0.2, 0.25) is 0 Å². The molecule has 0 saturated carbocycles. The molecule has 0 heterocycles. The van der Waals surface area contributed by atoms with Crippen LogP contribution in [0.1, 0.15) is 6.92 Å². The molecule has 0 aliphatic carbocycles. The Morgan fingerprint density at radius 3 is 1.92 bits per heavy atom. The summed E-state index contributed by atoms with van der Waals surface area (Å²) >= 11 is 0. The highest BCUT2D eigenvalue weighted by Gasteiger charge is 2.49. The van der Waals surface area contributed by atoms with Gasteiger partial charge in [-0.25, -0.2) is 4.79 Å². The summed E-state index contributed by atoms with van der Waals surface area (Å²) in [6, 6.07) is 0. The smallest absolute Gasteiger partial charge is 0.344 e. The predicted octanol–water partition coefficient (Wildman–Crippen LogP) is -0.675. The zero-order valence-corrected chi connectivity index (χ0v) is 8.75. The highest BCUT2D eigenvalue weighted by Crippen LogP contribution is 2.19. The maximum atomic E-state index is 11.1. The normalized spacial score (nSPS) is 16.8. The molecular formula is C6H13NO5S. The molecule has 0 fully saturated rings. The van der Waals surface area contributed by atoms with E-state index in [4.69, 9.17) is 4.55 Å². The van der Waals surface area contributed by atoms with E-state index in [9.17, 15) is 13.2 Å². The minimum Gasteiger partial charge on any atom is -0.467 e. The van der Waals surface area contributed by atoms with Crippen LogP contribution in [0, 0.1) is 0 Å². The molecule has 0 spiro atoms. The van der Waals surface area contributed by atoms with Gasteiger partial charge in [0.2, 0.25) is 4.87 Å².